The quantitative estimate of drug-likeness (QED) is 0.149. The fourth-order valence-corrected chi connectivity index (χ4v) is 5.32. The molecule has 3 N–H and O–H groups in total. The van der Waals surface area contributed by atoms with E-state index < -0.39 is 28.9 Å². The molecule has 0 unspecified atom stereocenters. The highest BCUT2D eigenvalue weighted by Gasteiger charge is 2.27. The Hall–Kier alpha value is -5.18. The highest BCUT2D eigenvalue weighted by Crippen LogP contribution is 2.43. The van der Waals surface area contributed by atoms with Gasteiger partial charge in [-0.15, -0.1) is 11.3 Å². The number of nitrogens with zero attached hydrogens (tertiary/aromatic N) is 4. The van der Waals surface area contributed by atoms with Crippen molar-refractivity contribution in [3.05, 3.63) is 86.6 Å². The number of primary amides is 1. The molecule has 0 saturated heterocycles. The van der Waals surface area contributed by atoms with Gasteiger partial charge < -0.3 is 20.2 Å². The molecule has 5 rings (SSSR count). The molecule has 0 saturated carbocycles. The van der Waals surface area contributed by atoms with Crippen LogP contribution in [0.4, 0.5) is 20.2 Å². The Morgan fingerprint density at radius 2 is 2.00 bits per heavy atom. The normalized spacial score (nSPS) is 11.3. The third-order valence-electron chi connectivity index (χ3n) is 6.25. The van der Waals surface area contributed by atoms with Gasteiger partial charge in [-0.25, -0.2) is 13.8 Å². The van der Waals surface area contributed by atoms with Crippen LogP contribution < -0.4 is 15.8 Å². The fraction of sp³-hybridized carbons (Fsp3) is 0.185. The minimum atomic E-state index is -2.90. The van der Waals surface area contributed by atoms with Crippen molar-refractivity contribution in [3.63, 3.8) is 0 Å². The number of nitro groups is 1. The van der Waals surface area contributed by atoms with Gasteiger partial charge >= 0.3 is 5.69 Å². The summed E-state index contributed by atoms with van der Waals surface area (Å²) in [5, 5.41) is 18.5. The lowest BCUT2D eigenvalue weighted by atomic mass is 10.0. The number of rotatable bonds is 10. The molecule has 0 aliphatic heterocycles. The summed E-state index contributed by atoms with van der Waals surface area (Å²) >= 11 is 0.776. The second kappa shape index (κ2) is 11.4. The lowest BCUT2D eigenvalue weighted by Gasteiger charge is -2.10. The van der Waals surface area contributed by atoms with Crippen molar-refractivity contribution in [2.75, 3.05) is 5.32 Å². The number of carbonyl (C=O) groups is 2. The summed E-state index contributed by atoms with van der Waals surface area (Å²) in [6, 6.07) is 9.81. The van der Waals surface area contributed by atoms with Crippen molar-refractivity contribution >= 4 is 44.7 Å². The van der Waals surface area contributed by atoms with E-state index in [4.69, 9.17) is 14.9 Å². The molecule has 1 aromatic carbocycles. The largest absolute Gasteiger partial charge is 0.479 e. The maximum atomic E-state index is 13.8. The van der Waals surface area contributed by atoms with E-state index in [1.54, 1.807) is 23.9 Å². The summed E-state index contributed by atoms with van der Waals surface area (Å²) in [6.45, 7) is 3.90. The van der Waals surface area contributed by atoms with Crippen LogP contribution in [0, 0.1) is 17.0 Å². The SMILES string of the molecule is CCn1cc(-c2cc(C(F)F)nc3sc(C(N)=O)c(NC(=O)c4ccc(COc5ccccc5[N+](=O)[O-])o4)c23)c(C)n1. The zero-order chi connectivity index (χ0) is 30.1. The Balaban J connectivity index is 1.50. The molecular weight excluding hydrogens is 574 g/mol. The number of hydrogen-bond acceptors (Lipinski definition) is 9. The number of fused-ring (bicyclic) bond motifs is 1. The molecule has 4 aromatic heterocycles. The van der Waals surface area contributed by atoms with E-state index >= 15 is 0 Å². The number of furan rings is 1. The number of carbonyl (C=O) groups excluding carboxylic acids is 2. The molecule has 0 bridgehead atoms. The van der Waals surface area contributed by atoms with Crippen molar-refractivity contribution in [2.24, 2.45) is 5.73 Å². The van der Waals surface area contributed by atoms with Crippen molar-refractivity contribution in [2.45, 2.75) is 33.4 Å². The molecule has 0 aliphatic carbocycles. The van der Waals surface area contributed by atoms with Crippen LogP contribution in [0.25, 0.3) is 21.3 Å². The number of amides is 2. The van der Waals surface area contributed by atoms with Crippen LogP contribution in [-0.4, -0.2) is 31.5 Å². The molecule has 0 aliphatic rings. The molecular formula is C27H22F2N6O6S. The minimum absolute atomic E-state index is 0.00595. The maximum Gasteiger partial charge on any atom is 0.310 e. The Bertz CT molecular complexity index is 1850. The summed E-state index contributed by atoms with van der Waals surface area (Å²) in [4.78, 5) is 40.3. The van der Waals surface area contributed by atoms with Crippen LogP contribution in [0.5, 0.6) is 5.75 Å². The van der Waals surface area contributed by atoms with Gasteiger partial charge in [-0.2, -0.15) is 5.10 Å². The highest BCUT2D eigenvalue weighted by atomic mass is 32.1. The van der Waals surface area contributed by atoms with E-state index in [0.717, 1.165) is 11.3 Å². The molecule has 12 nitrogen and oxygen atoms in total. The number of ether oxygens (including phenoxy) is 1. The third kappa shape index (κ3) is 5.41. The first-order valence-electron chi connectivity index (χ1n) is 12.4. The molecule has 4 heterocycles. The van der Waals surface area contributed by atoms with Gasteiger partial charge in [-0.05, 0) is 43.7 Å². The Labute approximate surface area is 239 Å². The molecule has 15 heteroatoms. The lowest BCUT2D eigenvalue weighted by molar-refractivity contribution is -0.386. The number of benzene rings is 1. The molecule has 42 heavy (non-hydrogen) atoms. The van der Waals surface area contributed by atoms with Crippen molar-refractivity contribution in [1.82, 2.24) is 14.8 Å². The number of nitrogens with two attached hydrogens (primary N) is 1. The smallest absolute Gasteiger partial charge is 0.310 e. The Morgan fingerprint density at radius 1 is 1.24 bits per heavy atom. The number of thiophene rings is 1. The van der Waals surface area contributed by atoms with Crippen LogP contribution in [0.3, 0.4) is 0 Å². The molecule has 216 valence electrons. The Kier molecular flexibility index (Phi) is 7.67. The number of alkyl halides is 2. The monoisotopic (exact) mass is 596 g/mol. The Morgan fingerprint density at radius 3 is 2.67 bits per heavy atom. The number of para-hydroxylation sites is 2. The third-order valence-corrected chi connectivity index (χ3v) is 7.34. The summed E-state index contributed by atoms with van der Waals surface area (Å²) in [6.07, 6.45) is -1.21. The number of pyridine rings is 1. The average molecular weight is 597 g/mol. The number of hydrogen-bond donors (Lipinski definition) is 2. The predicted molar refractivity (Wildman–Crippen MR) is 149 cm³/mol. The van der Waals surface area contributed by atoms with E-state index in [1.807, 2.05) is 6.92 Å². The molecule has 0 spiro atoms. The van der Waals surface area contributed by atoms with Gasteiger partial charge in [0.2, 0.25) is 0 Å². The highest BCUT2D eigenvalue weighted by molar-refractivity contribution is 7.21. The van der Waals surface area contributed by atoms with Gasteiger partial charge in [-0.1, -0.05) is 12.1 Å². The van der Waals surface area contributed by atoms with E-state index in [9.17, 15) is 28.5 Å². The van der Waals surface area contributed by atoms with Crippen molar-refractivity contribution < 1.29 is 32.4 Å². The van der Waals surface area contributed by atoms with Gasteiger partial charge in [0.05, 0.1) is 16.3 Å². The number of aryl methyl sites for hydroxylation is 2. The second-order valence-electron chi connectivity index (χ2n) is 8.96. The minimum Gasteiger partial charge on any atom is -0.479 e. The summed E-state index contributed by atoms with van der Waals surface area (Å²) in [5.74, 6) is -1.61. The van der Waals surface area contributed by atoms with E-state index in [1.165, 1.54) is 36.4 Å². The maximum absolute atomic E-state index is 13.8. The lowest BCUT2D eigenvalue weighted by Crippen LogP contribution is -2.16. The predicted octanol–water partition coefficient (Wildman–Crippen LogP) is 5.86. The van der Waals surface area contributed by atoms with E-state index in [-0.39, 0.29) is 50.3 Å². The number of nitrogens with one attached hydrogen (secondary N) is 1. The topological polar surface area (TPSA) is 168 Å². The molecule has 0 fully saturated rings. The van der Waals surface area contributed by atoms with Gasteiger partial charge in [0.15, 0.2) is 11.5 Å². The number of anilines is 1. The number of aromatic nitrogens is 3. The first-order valence-corrected chi connectivity index (χ1v) is 13.2. The summed E-state index contributed by atoms with van der Waals surface area (Å²) in [5.41, 5.74) is 6.22. The van der Waals surface area contributed by atoms with E-state index in [2.05, 4.69) is 15.4 Å². The number of nitro benzene ring substituents is 1. The first kappa shape index (κ1) is 28.4. The standard InChI is InChI=1S/C27H22F2N6O6S/c1-3-34-11-16(13(2)33-34)15-10-17(24(28)29)31-27-21(15)22(23(42-27)25(30)36)32-26(37)20-9-8-14(41-20)12-40-19-7-5-4-6-18(19)35(38)39/h4-11,24H,3,12H2,1-2H3,(H2,30,36)(H,32,37). The van der Waals surface area contributed by atoms with Gasteiger partial charge in [0, 0.05) is 29.8 Å². The van der Waals surface area contributed by atoms with Gasteiger partial charge in [0.25, 0.3) is 18.2 Å². The van der Waals surface area contributed by atoms with Crippen LogP contribution >= 0.6 is 11.3 Å². The van der Waals surface area contributed by atoms with Gasteiger partial charge in [-0.3, -0.25) is 24.4 Å². The summed E-state index contributed by atoms with van der Waals surface area (Å²) < 4.78 is 40.3. The fourth-order valence-electron chi connectivity index (χ4n) is 4.31. The number of halogens is 2. The molecule has 0 atom stereocenters. The van der Waals surface area contributed by atoms with Crippen LogP contribution in [0.2, 0.25) is 0 Å². The van der Waals surface area contributed by atoms with E-state index in [0.29, 0.717) is 23.4 Å². The molecule has 2 amide bonds. The van der Waals surface area contributed by atoms with Crippen LogP contribution in [-0.2, 0) is 13.2 Å². The van der Waals surface area contributed by atoms with Crippen LogP contribution in [0.1, 0.15) is 50.7 Å². The van der Waals surface area contributed by atoms with Crippen molar-refractivity contribution in [3.8, 4) is 16.9 Å². The summed E-state index contributed by atoms with van der Waals surface area (Å²) in [7, 11) is 0. The van der Waals surface area contributed by atoms with Crippen molar-refractivity contribution in [1.29, 1.82) is 0 Å². The second-order valence-corrected chi connectivity index (χ2v) is 9.96. The first-order chi connectivity index (χ1) is 20.1. The zero-order valence-electron chi connectivity index (χ0n) is 22.1. The van der Waals surface area contributed by atoms with Gasteiger partial charge in [0.1, 0.15) is 27.8 Å². The average Bonchev–Trinajstić information content (AvgIpc) is 3.68. The van der Waals surface area contributed by atoms with Crippen LogP contribution in [0.15, 0.2) is 53.1 Å². The molecule has 0 radical (unpaired) electrons. The molecule has 5 aromatic rings. The zero-order valence-corrected chi connectivity index (χ0v) is 22.9.